The number of anilines is 2. The Balaban J connectivity index is 0.788. The fraction of sp³-hybridized carbons (Fsp3) is 0.660. The van der Waals surface area contributed by atoms with Gasteiger partial charge in [0.25, 0.3) is 0 Å². The topological polar surface area (TPSA) is 184 Å². The minimum Gasteiger partial charge on any atom is -0.401 e. The quantitative estimate of drug-likeness (QED) is 0.0281. The lowest BCUT2D eigenvalue weighted by molar-refractivity contribution is -0.108. The molecule has 1 aromatic carbocycles. The second-order valence-electron chi connectivity index (χ2n) is 16.9. The summed E-state index contributed by atoms with van der Waals surface area (Å²) in [6.45, 7) is 11.6. The van der Waals surface area contributed by atoms with Crippen LogP contribution in [0, 0.1) is 17.8 Å². The third-order valence-corrected chi connectivity index (χ3v) is 12.6. The number of rotatable bonds is 31. The fourth-order valence-electron chi connectivity index (χ4n) is 8.78. The van der Waals surface area contributed by atoms with Gasteiger partial charge in [-0.25, -0.2) is 20.8 Å². The Hall–Kier alpha value is -3.96. The van der Waals surface area contributed by atoms with Crippen molar-refractivity contribution in [1.29, 1.82) is 0 Å². The first kappa shape index (κ1) is 47.5. The number of hydrogen-bond donors (Lipinski definition) is 4. The van der Waals surface area contributed by atoms with Gasteiger partial charge in [-0.05, 0) is 112 Å². The van der Waals surface area contributed by atoms with Gasteiger partial charge in [0, 0.05) is 42.1 Å². The van der Waals surface area contributed by atoms with Crippen molar-refractivity contribution < 1.29 is 28.5 Å². The van der Waals surface area contributed by atoms with E-state index in [2.05, 4.69) is 44.6 Å². The molecule has 3 unspecified atom stereocenters. The molecular weight excluding hydrogens is 787 g/mol. The molecule has 0 spiro atoms. The number of nitrogens with one attached hydrogen (secondary N) is 2. The van der Waals surface area contributed by atoms with E-state index in [0.29, 0.717) is 84.9 Å². The number of allylic oxidation sites excluding steroid dienone is 2. The van der Waals surface area contributed by atoms with E-state index in [1.165, 1.54) is 31.2 Å². The van der Waals surface area contributed by atoms with E-state index in [9.17, 15) is 4.79 Å². The lowest BCUT2D eigenvalue weighted by Gasteiger charge is -2.25. The van der Waals surface area contributed by atoms with Gasteiger partial charge in [-0.3, -0.25) is 0 Å². The van der Waals surface area contributed by atoms with E-state index in [1.807, 2.05) is 24.3 Å². The largest absolute Gasteiger partial charge is 0.401 e. The Morgan fingerprint density at radius 3 is 2.24 bits per heavy atom. The number of aromatic nitrogens is 3. The van der Waals surface area contributed by atoms with Crippen LogP contribution in [-0.2, 0) is 41.3 Å². The summed E-state index contributed by atoms with van der Waals surface area (Å²) < 4.78 is 28.8. The van der Waals surface area contributed by atoms with Crippen molar-refractivity contribution in [3.05, 3.63) is 65.4 Å². The normalized spacial score (nSPS) is 20.2. The highest BCUT2D eigenvalue weighted by molar-refractivity contribution is 5.89. The zero-order valence-electron chi connectivity index (χ0n) is 37.2. The van der Waals surface area contributed by atoms with Crippen LogP contribution in [-0.4, -0.2) is 136 Å². The molecule has 4 atom stereocenters. The molecule has 3 aliphatic rings. The molecule has 0 amide bonds. The zero-order valence-corrected chi connectivity index (χ0v) is 37.2. The smallest absolute Gasteiger partial charge is 0.142 e. The predicted octanol–water partition coefficient (Wildman–Crippen LogP) is 5.35. The van der Waals surface area contributed by atoms with E-state index >= 15 is 0 Å². The molecule has 1 fully saturated rings. The number of nitrogens with zero attached hydrogens (tertiary/aromatic N) is 5. The van der Waals surface area contributed by atoms with Crippen molar-refractivity contribution in [2.45, 2.75) is 83.6 Å². The standard InChI is InChI=1S/C47H73N9O6/c1-36-40-14-16-43(48)45(17-15-41(36)40)56(49)23-25-59-27-29-61-31-33-62-32-30-60-28-26-58-24-22-55(20-6-2-3-9-38-13-12-37-8-7-19-50-46(37)53-38)21-18-39(34-57)54-47-42-10-4-5-11-44(42)51-35-52-47/h4-5,10-13,34-36,39-41H,2-3,6-9,14-33,48-49H2,1H3,(H,50,53)(H,51,52,54)/b45-43-/t36-,39?,40?,41?/m1/s1. The minimum absolute atomic E-state index is 0.371. The SMILES string of the molecule is C[C@@H]1C2CC/C(N)=C(/N(N)CCOCCOCCOCCOCCOCCN(CCCCCc3ccc4c(n3)NCCC4)CCC(C=O)Nc3ncnc4ccccc34)CCC21. The molecule has 0 bridgehead atoms. The van der Waals surface area contributed by atoms with Crippen LogP contribution >= 0.6 is 0 Å². The summed E-state index contributed by atoms with van der Waals surface area (Å²) in [7, 11) is 0. The summed E-state index contributed by atoms with van der Waals surface area (Å²) in [5, 5.41) is 9.48. The summed E-state index contributed by atoms with van der Waals surface area (Å²) in [6.07, 6.45) is 13.9. The van der Waals surface area contributed by atoms with Crippen molar-refractivity contribution in [2.24, 2.45) is 29.3 Å². The number of pyridine rings is 1. The number of hydrazine groups is 1. The minimum atomic E-state index is -0.371. The Labute approximate surface area is 369 Å². The molecule has 6 rings (SSSR count). The molecule has 2 aromatic heterocycles. The van der Waals surface area contributed by atoms with Crippen LogP contribution in [0.15, 0.2) is 54.1 Å². The number of nitrogens with two attached hydrogens (primary N) is 2. The van der Waals surface area contributed by atoms with Crippen LogP contribution in [0.5, 0.6) is 0 Å². The highest BCUT2D eigenvalue weighted by Gasteiger charge is 2.46. The number of ether oxygens (including phenoxy) is 5. The number of carbonyl (C=O) groups is 1. The van der Waals surface area contributed by atoms with Crippen LogP contribution < -0.4 is 22.2 Å². The molecule has 1 aliphatic heterocycles. The van der Waals surface area contributed by atoms with E-state index in [4.69, 9.17) is 40.2 Å². The van der Waals surface area contributed by atoms with E-state index < -0.39 is 0 Å². The molecule has 342 valence electrons. The van der Waals surface area contributed by atoms with Gasteiger partial charge in [0.2, 0.25) is 0 Å². The molecule has 3 heterocycles. The van der Waals surface area contributed by atoms with Crippen LogP contribution in [0.2, 0.25) is 0 Å². The number of aryl methyl sites for hydroxylation is 2. The first-order valence-electron chi connectivity index (χ1n) is 23.2. The van der Waals surface area contributed by atoms with Crippen molar-refractivity contribution >= 4 is 28.8 Å². The summed E-state index contributed by atoms with van der Waals surface area (Å²) in [4.78, 5) is 28.2. The van der Waals surface area contributed by atoms with Gasteiger partial charge in [-0.1, -0.05) is 31.5 Å². The molecule has 62 heavy (non-hydrogen) atoms. The zero-order chi connectivity index (χ0) is 43.2. The summed E-state index contributed by atoms with van der Waals surface area (Å²) >= 11 is 0. The lowest BCUT2D eigenvalue weighted by Crippen LogP contribution is -2.36. The molecule has 15 heteroatoms. The maximum Gasteiger partial charge on any atom is 0.142 e. The molecule has 15 nitrogen and oxygen atoms in total. The first-order valence-corrected chi connectivity index (χ1v) is 23.2. The molecule has 6 N–H and O–H groups in total. The van der Waals surface area contributed by atoms with Crippen LogP contribution in [0.3, 0.4) is 0 Å². The van der Waals surface area contributed by atoms with Crippen LogP contribution in [0.4, 0.5) is 11.6 Å². The van der Waals surface area contributed by atoms with Crippen molar-refractivity contribution in [3.63, 3.8) is 0 Å². The Kier molecular flexibility index (Phi) is 20.4. The van der Waals surface area contributed by atoms with Gasteiger partial charge in [0.05, 0.1) is 84.2 Å². The number of fused-ring (bicyclic) bond motifs is 3. The Morgan fingerprint density at radius 2 is 1.50 bits per heavy atom. The monoisotopic (exact) mass is 860 g/mol. The summed E-state index contributed by atoms with van der Waals surface area (Å²) in [5.41, 5.74) is 11.7. The van der Waals surface area contributed by atoms with Gasteiger partial charge in [-0.2, -0.15) is 0 Å². The van der Waals surface area contributed by atoms with E-state index in [1.54, 1.807) is 5.01 Å². The second-order valence-corrected chi connectivity index (χ2v) is 16.9. The Morgan fingerprint density at radius 1 is 0.806 bits per heavy atom. The van der Waals surface area contributed by atoms with Gasteiger partial charge in [0.1, 0.15) is 24.2 Å². The van der Waals surface area contributed by atoms with Crippen molar-refractivity contribution in [2.75, 3.05) is 109 Å². The highest BCUT2D eigenvalue weighted by atomic mass is 16.6. The number of para-hydroxylation sites is 1. The van der Waals surface area contributed by atoms with Crippen molar-refractivity contribution in [1.82, 2.24) is 24.9 Å². The van der Waals surface area contributed by atoms with E-state index in [-0.39, 0.29) is 6.04 Å². The molecule has 3 aromatic rings. The maximum absolute atomic E-state index is 12.2. The van der Waals surface area contributed by atoms with Gasteiger partial charge >= 0.3 is 0 Å². The predicted molar refractivity (Wildman–Crippen MR) is 243 cm³/mol. The van der Waals surface area contributed by atoms with Gasteiger partial charge in [-0.15, -0.1) is 0 Å². The third-order valence-electron chi connectivity index (χ3n) is 12.6. The molecule has 1 saturated carbocycles. The van der Waals surface area contributed by atoms with Crippen LogP contribution in [0.1, 0.15) is 76.0 Å². The average molecular weight is 860 g/mol. The summed E-state index contributed by atoms with van der Waals surface area (Å²) in [6, 6.07) is 11.9. The first-order chi connectivity index (χ1) is 30.5. The fourth-order valence-corrected chi connectivity index (χ4v) is 8.78. The number of hydrogen-bond acceptors (Lipinski definition) is 15. The maximum atomic E-state index is 12.2. The molecular formula is C47H73N9O6. The van der Waals surface area contributed by atoms with Crippen LogP contribution in [0.25, 0.3) is 10.9 Å². The Bertz CT molecular complexity index is 1800. The van der Waals surface area contributed by atoms with Crippen molar-refractivity contribution in [3.8, 4) is 0 Å². The number of unbranched alkanes of at least 4 members (excludes halogenated alkanes) is 2. The lowest BCUT2D eigenvalue weighted by atomic mass is 10.0. The van der Waals surface area contributed by atoms with Gasteiger partial charge < -0.3 is 54.8 Å². The number of carbonyl (C=O) groups excluding carboxylic acids is 1. The van der Waals surface area contributed by atoms with E-state index in [0.717, 1.165) is 129 Å². The number of aldehydes is 1. The average Bonchev–Trinajstić information content (AvgIpc) is 3.91. The summed E-state index contributed by atoms with van der Waals surface area (Å²) in [5.74, 6) is 10.6. The molecule has 0 radical (unpaired) electrons. The van der Waals surface area contributed by atoms with Gasteiger partial charge in [0.15, 0.2) is 0 Å². The molecule has 0 saturated heterocycles. The second kappa shape index (κ2) is 26.6. The number of benzene rings is 1. The third kappa shape index (κ3) is 15.7. The highest BCUT2D eigenvalue weighted by Crippen LogP contribution is 2.53. The molecule has 2 aliphatic carbocycles.